The highest BCUT2D eigenvalue weighted by Crippen LogP contribution is 2.62. The highest BCUT2D eigenvalue weighted by Gasteiger charge is 2.28. The van der Waals surface area contributed by atoms with Crippen molar-refractivity contribution >= 4 is 15.8 Å². The lowest BCUT2D eigenvalue weighted by Crippen LogP contribution is -2.17. The molecule has 0 aliphatic heterocycles. The molecule has 19 heavy (non-hydrogen) atoms. The van der Waals surface area contributed by atoms with Gasteiger partial charge in [0, 0.05) is 0 Å². The summed E-state index contributed by atoms with van der Waals surface area (Å²) in [7, 11) is 0.460. The molecule has 0 nitrogen and oxygen atoms in total. The van der Waals surface area contributed by atoms with Gasteiger partial charge in [0.1, 0.15) is 0 Å². The molecule has 116 valence electrons. The summed E-state index contributed by atoms with van der Waals surface area (Å²) in [6.45, 7) is 19.6. The molecular formula is C17H38P2. The first-order valence-electron chi connectivity index (χ1n) is 8.44. The van der Waals surface area contributed by atoms with Crippen LogP contribution in [0.1, 0.15) is 81.1 Å². The first kappa shape index (κ1) is 19.9. The fourth-order valence-corrected chi connectivity index (χ4v) is 12.1. The molecule has 0 bridgehead atoms. The van der Waals surface area contributed by atoms with Crippen molar-refractivity contribution in [3.05, 3.63) is 0 Å². The maximum Gasteiger partial charge on any atom is -0.0111 e. The SMILES string of the molecule is CCC(C)P(CP(C(C)CC)C(C)CC)C(C)CC. The van der Waals surface area contributed by atoms with E-state index >= 15 is 0 Å². The van der Waals surface area contributed by atoms with Crippen LogP contribution in [-0.2, 0) is 0 Å². The Labute approximate surface area is 126 Å². The minimum atomic E-state index is 0.230. The van der Waals surface area contributed by atoms with Crippen molar-refractivity contribution in [2.24, 2.45) is 0 Å². The molecule has 0 amide bonds. The van der Waals surface area contributed by atoms with Gasteiger partial charge in [0.05, 0.1) is 0 Å². The summed E-state index contributed by atoms with van der Waals surface area (Å²) in [5.74, 6) is 1.58. The lowest BCUT2D eigenvalue weighted by molar-refractivity contribution is 0.822. The minimum Gasteiger partial charge on any atom is -0.0965 e. The van der Waals surface area contributed by atoms with E-state index in [2.05, 4.69) is 55.4 Å². The smallest absolute Gasteiger partial charge is 0.0111 e. The lowest BCUT2D eigenvalue weighted by atomic mass is 10.4. The molecule has 2 heteroatoms. The Morgan fingerprint density at radius 2 is 0.737 bits per heavy atom. The van der Waals surface area contributed by atoms with E-state index < -0.39 is 0 Å². The second-order valence-corrected chi connectivity index (χ2v) is 12.9. The van der Waals surface area contributed by atoms with E-state index in [1.165, 1.54) is 25.7 Å². The second kappa shape index (κ2) is 10.6. The molecule has 0 heterocycles. The van der Waals surface area contributed by atoms with Gasteiger partial charge in [-0.2, -0.15) is 0 Å². The molecule has 0 aliphatic carbocycles. The summed E-state index contributed by atoms with van der Waals surface area (Å²) < 4.78 is 0. The zero-order chi connectivity index (χ0) is 15.0. The Balaban J connectivity index is 4.91. The first-order chi connectivity index (χ1) is 8.92. The summed E-state index contributed by atoms with van der Waals surface area (Å²) in [5.41, 5.74) is 3.84. The Hall–Kier alpha value is 0.860. The van der Waals surface area contributed by atoms with E-state index in [0.29, 0.717) is 0 Å². The zero-order valence-electron chi connectivity index (χ0n) is 14.7. The average molecular weight is 304 g/mol. The highest BCUT2D eigenvalue weighted by molar-refractivity contribution is 7.75. The zero-order valence-corrected chi connectivity index (χ0v) is 16.5. The van der Waals surface area contributed by atoms with Crippen LogP contribution in [0.4, 0.5) is 0 Å². The van der Waals surface area contributed by atoms with Crippen LogP contribution < -0.4 is 0 Å². The third-order valence-electron chi connectivity index (χ3n) is 4.95. The van der Waals surface area contributed by atoms with Crippen molar-refractivity contribution in [2.45, 2.75) is 104 Å². The summed E-state index contributed by atoms with van der Waals surface area (Å²) in [6.07, 6.45) is 5.50. The van der Waals surface area contributed by atoms with Crippen molar-refractivity contribution in [3.8, 4) is 0 Å². The molecule has 0 radical (unpaired) electrons. The van der Waals surface area contributed by atoms with Gasteiger partial charge in [0.2, 0.25) is 0 Å². The fraction of sp³-hybridized carbons (Fsp3) is 1.00. The molecule has 0 aromatic carbocycles. The van der Waals surface area contributed by atoms with Crippen LogP contribution in [0.5, 0.6) is 0 Å². The Morgan fingerprint density at radius 1 is 0.526 bits per heavy atom. The fourth-order valence-electron chi connectivity index (χ4n) is 2.55. The van der Waals surface area contributed by atoms with E-state index in [0.717, 1.165) is 22.6 Å². The molecule has 0 aromatic heterocycles. The van der Waals surface area contributed by atoms with Gasteiger partial charge in [-0.1, -0.05) is 71.2 Å². The normalized spacial score (nSPS) is 21.5. The molecule has 4 atom stereocenters. The number of hydrogen-bond donors (Lipinski definition) is 0. The molecular weight excluding hydrogens is 266 g/mol. The van der Waals surface area contributed by atoms with Crippen LogP contribution >= 0.6 is 15.8 Å². The second-order valence-electron chi connectivity index (χ2n) is 6.20. The van der Waals surface area contributed by atoms with E-state index in [1.54, 1.807) is 5.90 Å². The monoisotopic (exact) mass is 304 g/mol. The maximum atomic E-state index is 2.51. The molecule has 0 N–H and O–H groups in total. The quantitative estimate of drug-likeness (QED) is 0.377. The van der Waals surface area contributed by atoms with Gasteiger partial charge < -0.3 is 0 Å². The van der Waals surface area contributed by atoms with Crippen LogP contribution in [-0.4, -0.2) is 28.5 Å². The van der Waals surface area contributed by atoms with Gasteiger partial charge in [0.25, 0.3) is 0 Å². The average Bonchev–Trinajstić information content (AvgIpc) is 2.45. The Bertz CT molecular complexity index is 175. The van der Waals surface area contributed by atoms with Gasteiger partial charge in [-0.05, 0) is 54.2 Å². The predicted octanol–water partition coefficient (Wildman–Crippen LogP) is 7.10. The van der Waals surface area contributed by atoms with Crippen LogP contribution in [0, 0.1) is 0 Å². The van der Waals surface area contributed by atoms with E-state index in [9.17, 15) is 0 Å². The molecule has 0 fully saturated rings. The van der Waals surface area contributed by atoms with Gasteiger partial charge >= 0.3 is 0 Å². The Kier molecular flexibility index (Phi) is 11.0. The summed E-state index contributed by atoms with van der Waals surface area (Å²) in [6, 6.07) is 0. The van der Waals surface area contributed by atoms with Crippen molar-refractivity contribution in [2.75, 3.05) is 5.90 Å². The molecule has 0 spiro atoms. The van der Waals surface area contributed by atoms with E-state index in [4.69, 9.17) is 0 Å². The molecule has 4 unspecified atom stereocenters. The van der Waals surface area contributed by atoms with Crippen LogP contribution in [0.15, 0.2) is 0 Å². The summed E-state index contributed by atoms with van der Waals surface area (Å²) in [5, 5.41) is 0. The van der Waals surface area contributed by atoms with Crippen LogP contribution in [0.3, 0.4) is 0 Å². The number of rotatable bonds is 10. The van der Waals surface area contributed by atoms with Crippen LogP contribution in [0.2, 0.25) is 0 Å². The van der Waals surface area contributed by atoms with Crippen molar-refractivity contribution in [1.29, 1.82) is 0 Å². The van der Waals surface area contributed by atoms with Gasteiger partial charge in [-0.25, -0.2) is 0 Å². The predicted molar refractivity (Wildman–Crippen MR) is 97.7 cm³/mol. The molecule has 0 aliphatic rings. The lowest BCUT2D eigenvalue weighted by Gasteiger charge is -2.38. The van der Waals surface area contributed by atoms with Crippen LogP contribution in [0.25, 0.3) is 0 Å². The van der Waals surface area contributed by atoms with E-state index in [-0.39, 0.29) is 15.8 Å². The highest BCUT2D eigenvalue weighted by atomic mass is 31.2. The standard InChI is InChI=1S/C17H38P2/c1-9-14(5)18(15(6)10-2)13-19(16(7)11-3)17(8)12-4/h14-17H,9-13H2,1-8H3. The van der Waals surface area contributed by atoms with Crippen molar-refractivity contribution in [1.82, 2.24) is 0 Å². The summed E-state index contributed by atoms with van der Waals surface area (Å²) in [4.78, 5) is 0. The molecule has 0 saturated heterocycles. The topological polar surface area (TPSA) is 0 Å². The first-order valence-corrected chi connectivity index (χ1v) is 11.8. The number of hydrogen-bond acceptors (Lipinski definition) is 0. The van der Waals surface area contributed by atoms with Crippen molar-refractivity contribution < 1.29 is 0 Å². The third kappa shape index (κ3) is 6.44. The Morgan fingerprint density at radius 3 is 0.895 bits per heavy atom. The van der Waals surface area contributed by atoms with Crippen molar-refractivity contribution in [3.63, 3.8) is 0 Å². The molecule has 0 saturated carbocycles. The van der Waals surface area contributed by atoms with Gasteiger partial charge in [-0.3, -0.25) is 0 Å². The minimum absolute atomic E-state index is 0.230. The molecule has 0 rings (SSSR count). The maximum absolute atomic E-state index is 2.51. The van der Waals surface area contributed by atoms with Gasteiger partial charge in [0.15, 0.2) is 0 Å². The largest absolute Gasteiger partial charge is 0.0965 e. The third-order valence-corrected chi connectivity index (χ3v) is 13.6. The van der Waals surface area contributed by atoms with Gasteiger partial charge in [-0.15, -0.1) is 0 Å². The molecule has 0 aromatic rings. The summed E-state index contributed by atoms with van der Waals surface area (Å²) >= 11 is 0. The van der Waals surface area contributed by atoms with E-state index in [1.807, 2.05) is 0 Å².